The minimum atomic E-state index is -1.59. The smallest absolute Gasteiger partial charge is 0.254 e. The Labute approximate surface area is 202 Å². The lowest BCUT2D eigenvalue weighted by atomic mass is 10.0. The van der Waals surface area contributed by atoms with Gasteiger partial charge >= 0.3 is 0 Å². The Morgan fingerprint density at radius 1 is 1.21 bits per heavy atom. The number of nitrogens with zero attached hydrogens (tertiary/aromatic N) is 5. The molecule has 2 aliphatic rings. The Kier molecular flexibility index (Phi) is 7.32. The van der Waals surface area contributed by atoms with E-state index in [1.165, 1.54) is 6.20 Å². The van der Waals surface area contributed by atoms with Gasteiger partial charge in [0.2, 0.25) is 0 Å². The van der Waals surface area contributed by atoms with E-state index in [1.807, 2.05) is 42.3 Å². The molecule has 1 saturated carbocycles. The van der Waals surface area contributed by atoms with Crippen LogP contribution in [0.2, 0.25) is 0 Å². The monoisotopic (exact) mass is 480 g/mol. The molecule has 1 heterocycles. The standard InChI is InChI=1S/C24H28N6O3S/c1-25-15-21-23(29(3)22(24(31)28(21)2)17-7-5-4-6-8-17)27-16-26-18-9-13-20(14-10-18)34(33)30(32)19-11-12-19/h4-10,13-15,19,22,26,32H,1,11-12,16H2,2-3H3. The molecule has 1 aliphatic heterocycles. The molecule has 2 aromatic carbocycles. The molecule has 0 spiro atoms. The van der Waals surface area contributed by atoms with E-state index in [1.54, 1.807) is 36.2 Å². The SMILES string of the molecule is C=NC=C1C(=NCNc2ccc([S+]([O-])N(O)C3CC3)cc2)N(C)C(c2ccccc2)C(=O)N1C. The lowest BCUT2D eigenvalue weighted by Gasteiger charge is -2.40. The van der Waals surface area contributed by atoms with Crippen LogP contribution in [0.25, 0.3) is 0 Å². The molecule has 2 unspecified atom stereocenters. The first-order valence-electron chi connectivity index (χ1n) is 10.9. The Bertz CT molecular complexity index is 1090. The molecule has 178 valence electrons. The summed E-state index contributed by atoms with van der Waals surface area (Å²) in [6.45, 7) is 3.77. The molecule has 34 heavy (non-hydrogen) atoms. The number of piperazine rings is 1. The van der Waals surface area contributed by atoms with Gasteiger partial charge in [-0.15, -0.1) is 0 Å². The molecule has 2 aromatic rings. The number of carbonyl (C=O) groups excluding carboxylic acids is 1. The number of likely N-dealkylation sites (N-methyl/N-ethyl adjacent to an activating group) is 2. The van der Waals surface area contributed by atoms with Crippen molar-refractivity contribution in [2.45, 2.75) is 29.8 Å². The van der Waals surface area contributed by atoms with Crippen LogP contribution in [-0.2, 0) is 16.2 Å². The van der Waals surface area contributed by atoms with Crippen LogP contribution in [0.5, 0.6) is 0 Å². The number of anilines is 1. The highest BCUT2D eigenvalue weighted by Crippen LogP contribution is 2.31. The molecule has 1 amide bonds. The molecular weight excluding hydrogens is 452 g/mol. The summed E-state index contributed by atoms with van der Waals surface area (Å²) in [5.41, 5.74) is 2.22. The fourth-order valence-corrected chi connectivity index (χ4v) is 4.85. The lowest BCUT2D eigenvalue weighted by Crippen LogP contribution is -2.51. The van der Waals surface area contributed by atoms with E-state index in [9.17, 15) is 14.6 Å². The van der Waals surface area contributed by atoms with E-state index in [-0.39, 0.29) is 18.6 Å². The Balaban J connectivity index is 1.50. The van der Waals surface area contributed by atoms with Crippen LogP contribution in [0.3, 0.4) is 0 Å². The van der Waals surface area contributed by atoms with E-state index in [0.29, 0.717) is 16.4 Å². The number of rotatable bonds is 8. The van der Waals surface area contributed by atoms with Gasteiger partial charge in [0, 0.05) is 24.3 Å². The molecule has 0 aromatic heterocycles. The third kappa shape index (κ3) is 5.00. The molecule has 1 aliphatic carbocycles. The zero-order valence-electron chi connectivity index (χ0n) is 19.2. The molecular formula is C24H28N6O3S. The number of benzene rings is 2. The number of amides is 1. The molecule has 1 saturated heterocycles. The van der Waals surface area contributed by atoms with Crippen molar-refractivity contribution < 1.29 is 14.6 Å². The van der Waals surface area contributed by atoms with Crippen molar-refractivity contribution in [2.75, 3.05) is 26.1 Å². The van der Waals surface area contributed by atoms with Gasteiger partial charge in [0.15, 0.2) is 10.7 Å². The number of carbonyl (C=O) groups is 1. The van der Waals surface area contributed by atoms with Gasteiger partial charge in [-0.25, -0.2) is 4.99 Å². The Morgan fingerprint density at radius 3 is 2.50 bits per heavy atom. The Hall–Kier alpha value is -3.18. The van der Waals surface area contributed by atoms with Gasteiger partial charge in [0.05, 0.1) is 12.2 Å². The number of hydroxylamine groups is 1. The summed E-state index contributed by atoms with van der Waals surface area (Å²) in [5.74, 6) is 0.525. The average molecular weight is 481 g/mol. The lowest BCUT2D eigenvalue weighted by molar-refractivity contribution is -0.133. The normalized spacial score (nSPS) is 21.9. The molecule has 0 bridgehead atoms. The van der Waals surface area contributed by atoms with E-state index < -0.39 is 17.4 Å². The number of hydrogen-bond acceptors (Lipinski definition) is 7. The molecule has 10 heteroatoms. The summed E-state index contributed by atoms with van der Waals surface area (Å²) in [4.78, 5) is 25.6. The molecule has 2 atom stereocenters. The van der Waals surface area contributed by atoms with Gasteiger partial charge in [-0.05, 0) is 49.4 Å². The minimum absolute atomic E-state index is 0.0148. The van der Waals surface area contributed by atoms with Gasteiger partial charge in [0.25, 0.3) is 5.91 Å². The first-order chi connectivity index (χ1) is 16.4. The number of aliphatic imine (C=N–C) groups is 2. The molecule has 2 N–H and O–H groups in total. The van der Waals surface area contributed by atoms with Crippen LogP contribution in [0.15, 0.2) is 81.4 Å². The summed E-state index contributed by atoms with van der Waals surface area (Å²) in [6, 6.07) is 16.1. The van der Waals surface area contributed by atoms with Gasteiger partial charge in [-0.1, -0.05) is 30.3 Å². The highest BCUT2D eigenvalue weighted by Gasteiger charge is 2.39. The number of hydrogen-bond donors (Lipinski definition) is 2. The van der Waals surface area contributed by atoms with E-state index >= 15 is 0 Å². The quantitative estimate of drug-likeness (QED) is 0.342. The Morgan fingerprint density at radius 2 is 1.88 bits per heavy atom. The predicted octanol–water partition coefficient (Wildman–Crippen LogP) is 3.02. The minimum Gasteiger partial charge on any atom is -0.591 e. The zero-order chi connectivity index (χ0) is 24.2. The first kappa shape index (κ1) is 24.0. The van der Waals surface area contributed by atoms with Crippen LogP contribution in [-0.4, -0.2) is 69.3 Å². The van der Waals surface area contributed by atoms with Crippen molar-refractivity contribution in [3.63, 3.8) is 0 Å². The van der Waals surface area contributed by atoms with Crippen molar-refractivity contribution in [2.24, 2.45) is 9.98 Å². The summed E-state index contributed by atoms with van der Waals surface area (Å²) in [7, 11) is 3.54. The largest absolute Gasteiger partial charge is 0.591 e. The van der Waals surface area contributed by atoms with Crippen LogP contribution >= 0.6 is 0 Å². The zero-order valence-corrected chi connectivity index (χ0v) is 20.0. The highest BCUT2D eigenvalue weighted by atomic mass is 32.2. The van der Waals surface area contributed by atoms with Gasteiger partial charge in [-0.3, -0.25) is 15.0 Å². The fourth-order valence-electron chi connectivity index (χ4n) is 3.78. The molecule has 0 radical (unpaired) electrons. The number of amidine groups is 1. The maximum absolute atomic E-state index is 13.1. The van der Waals surface area contributed by atoms with Crippen LogP contribution in [0.4, 0.5) is 5.69 Å². The maximum Gasteiger partial charge on any atom is 0.254 e. The summed E-state index contributed by atoms with van der Waals surface area (Å²) < 4.78 is 13.3. The summed E-state index contributed by atoms with van der Waals surface area (Å²) in [6.07, 6.45) is 3.25. The second-order valence-corrected chi connectivity index (χ2v) is 9.49. The van der Waals surface area contributed by atoms with Crippen LogP contribution in [0, 0.1) is 0 Å². The third-order valence-electron chi connectivity index (χ3n) is 5.80. The third-order valence-corrected chi connectivity index (χ3v) is 7.12. The van der Waals surface area contributed by atoms with Gasteiger partial charge < -0.3 is 19.7 Å². The van der Waals surface area contributed by atoms with E-state index in [4.69, 9.17) is 4.99 Å². The summed E-state index contributed by atoms with van der Waals surface area (Å²) in [5, 5.41) is 13.2. The first-order valence-corrected chi connectivity index (χ1v) is 12.0. The topological polar surface area (TPSA) is 107 Å². The van der Waals surface area contributed by atoms with Crippen molar-refractivity contribution in [3.05, 3.63) is 72.1 Å². The van der Waals surface area contributed by atoms with Crippen molar-refractivity contribution in [1.29, 1.82) is 0 Å². The van der Waals surface area contributed by atoms with Gasteiger partial charge in [-0.2, -0.15) is 0 Å². The fraction of sp³-hybridized carbons (Fsp3) is 0.292. The molecule has 9 nitrogen and oxygen atoms in total. The molecule has 2 fully saturated rings. The molecule has 4 rings (SSSR count). The van der Waals surface area contributed by atoms with E-state index in [2.05, 4.69) is 17.0 Å². The predicted molar refractivity (Wildman–Crippen MR) is 133 cm³/mol. The van der Waals surface area contributed by atoms with Crippen molar-refractivity contribution in [1.82, 2.24) is 14.3 Å². The second kappa shape index (κ2) is 10.4. The maximum atomic E-state index is 13.1. The highest BCUT2D eigenvalue weighted by molar-refractivity contribution is 7.89. The average Bonchev–Trinajstić information content (AvgIpc) is 3.70. The van der Waals surface area contributed by atoms with Crippen molar-refractivity contribution in [3.8, 4) is 0 Å². The van der Waals surface area contributed by atoms with Gasteiger partial charge in [0.1, 0.15) is 29.8 Å². The van der Waals surface area contributed by atoms with Crippen LogP contribution < -0.4 is 5.32 Å². The van der Waals surface area contributed by atoms with E-state index in [0.717, 1.165) is 28.6 Å². The summed E-state index contributed by atoms with van der Waals surface area (Å²) >= 11 is -1.59. The second-order valence-electron chi connectivity index (χ2n) is 8.14. The van der Waals surface area contributed by atoms with Crippen molar-refractivity contribution >= 4 is 35.5 Å². The van der Waals surface area contributed by atoms with Crippen LogP contribution in [0.1, 0.15) is 24.4 Å². The number of nitrogens with one attached hydrogen (secondary N) is 1.